The Hall–Kier alpha value is -0.650. The molecule has 1 heterocycles. The maximum Gasteiger partial charge on any atom is 0.239 e. The van der Waals surface area contributed by atoms with Crippen molar-refractivity contribution in [2.24, 2.45) is 5.73 Å². The van der Waals surface area contributed by atoms with Crippen molar-refractivity contribution >= 4 is 5.91 Å². The monoisotopic (exact) mass is 227 g/mol. The summed E-state index contributed by atoms with van der Waals surface area (Å²) in [6.45, 7) is 4.69. The first-order valence-electron chi connectivity index (χ1n) is 6.05. The minimum absolute atomic E-state index is 0.101. The third-order valence-corrected chi connectivity index (χ3v) is 3.35. The summed E-state index contributed by atoms with van der Waals surface area (Å²) in [7, 11) is 0. The molecule has 1 unspecified atom stereocenters. The number of ether oxygens (including phenoxy) is 1. The van der Waals surface area contributed by atoms with Gasteiger partial charge in [0.1, 0.15) is 0 Å². The third-order valence-electron chi connectivity index (χ3n) is 3.35. The molecule has 2 rings (SSSR count). The number of carbonyl (C=O) groups is 1. The molecule has 2 fully saturated rings. The Kier molecular flexibility index (Phi) is 3.78. The summed E-state index contributed by atoms with van der Waals surface area (Å²) in [5, 5.41) is 3.33. The predicted molar refractivity (Wildman–Crippen MR) is 61.0 cm³/mol. The molecule has 16 heavy (non-hydrogen) atoms. The van der Waals surface area contributed by atoms with Crippen molar-refractivity contribution in [1.82, 2.24) is 10.2 Å². The number of morpholine rings is 1. The van der Waals surface area contributed by atoms with Gasteiger partial charge in [-0.2, -0.15) is 0 Å². The van der Waals surface area contributed by atoms with Gasteiger partial charge in [0.2, 0.25) is 5.91 Å². The molecule has 0 aromatic carbocycles. The Bertz CT molecular complexity index is 248. The lowest BCUT2D eigenvalue weighted by Crippen LogP contribution is -2.56. The van der Waals surface area contributed by atoms with Gasteiger partial charge in [0.25, 0.3) is 0 Å². The van der Waals surface area contributed by atoms with E-state index >= 15 is 0 Å². The van der Waals surface area contributed by atoms with Crippen LogP contribution in [0.5, 0.6) is 0 Å². The molecule has 0 spiro atoms. The zero-order valence-corrected chi connectivity index (χ0v) is 9.82. The number of rotatable bonds is 3. The van der Waals surface area contributed by atoms with Gasteiger partial charge in [-0.25, -0.2) is 0 Å². The van der Waals surface area contributed by atoms with Gasteiger partial charge in [0.15, 0.2) is 0 Å². The van der Waals surface area contributed by atoms with Crippen molar-refractivity contribution < 1.29 is 9.53 Å². The average Bonchev–Trinajstić information content (AvgIpc) is 2.27. The fourth-order valence-corrected chi connectivity index (χ4v) is 2.28. The maximum absolute atomic E-state index is 12.0. The predicted octanol–water partition coefficient (Wildman–Crippen LogP) is -0.687. The van der Waals surface area contributed by atoms with E-state index in [9.17, 15) is 4.79 Å². The third kappa shape index (κ3) is 2.72. The zero-order chi connectivity index (χ0) is 11.5. The second kappa shape index (κ2) is 5.12. The van der Waals surface area contributed by atoms with Gasteiger partial charge < -0.3 is 20.7 Å². The van der Waals surface area contributed by atoms with Gasteiger partial charge in [0, 0.05) is 25.2 Å². The number of amides is 1. The molecule has 1 aliphatic carbocycles. The molecule has 5 nitrogen and oxygen atoms in total. The van der Waals surface area contributed by atoms with Gasteiger partial charge in [-0.15, -0.1) is 0 Å². The molecule has 1 aliphatic heterocycles. The minimum Gasteiger partial charge on any atom is -0.378 e. The summed E-state index contributed by atoms with van der Waals surface area (Å²) in [6.07, 6.45) is 1.97. The lowest BCUT2D eigenvalue weighted by molar-refractivity contribution is -0.137. The summed E-state index contributed by atoms with van der Waals surface area (Å²) >= 11 is 0. The van der Waals surface area contributed by atoms with Crippen LogP contribution in [-0.2, 0) is 9.53 Å². The SMILES string of the molecule is CC(NC1CC(N)C1)C(=O)N1CCOCC1. The standard InChI is InChI=1S/C11H21N3O2/c1-8(13-10-6-9(12)7-10)11(15)14-2-4-16-5-3-14/h8-10,13H,2-7,12H2,1H3. The summed E-state index contributed by atoms with van der Waals surface area (Å²) in [5.41, 5.74) is 5.71. The zero-order valence-electron chi connectivity index (χ0n) is 9.82. The van der Waals surface area contributed by atoms with Crippen molar-refractivity contribution in [2.75, 3.05) is 26.3 Å². The number of nitrogens with two attached hydrogens (primary N) is 1. The van der Waals surface area contributed by atoms with Crippen molar-refractivity contribution in [3.63, 3.8) is 0 Å². The highest BCUT2D eigenvalue weighted by Gasteiger charge is 2.30. The molecule has 92 valence electrons. The van der Waals surface area contributed by atoms with Crippen LogP contribution in [-0.4, -0.2) is 55.2 Å². The first kappa shape index (κ1) is 11.8. The van der Waals surface area contributed by atoms with Gasteiger partial charge in [-0.3, -0.25) is 4.79 Å². The van der Waals surface area contributed by atoms with Crippen LogP contribution in [0.4, 0.5) is 0 Å². The van der Waals surface area contributed by atoms with Crippen molar-refractivity contribution in [1.29, 1.82) is 0 Å². The molecule has 1 saturated heterocycles. The van der Waals surface area contributed by atoms with E-state index in [2.05, 4.69) is 5.32 Å². The molecule has 1 atom stereocenters. The molecule has 2 aliphatic rings. The largest absolute Gasteiger partial charge is 0.378 e. The molecule has 5 heteroatoms. The normalized spacial score (nSPS) is 32.0. The van der Waals surface area contributed by atoms with Crippen LogP contribution in [0.3, 0.4) is 0 Å². The number of nitrogens with one attached hydrogen (secondary N) is 1. The van der Waals surface area contributed by atoms with E-state index < -0.39 is 0 Å². The van der Waals surface area contributed by atoms with Crippen LogP contribution in [0, 0.1) is 0 Å². The minimum atomic E-state index is -0.101. The number of nitrogens with zero attached hydrogens (tertiary/aromatic N) is 1. The van der Waals surface area contributed by atoms with Crippen LogP contribution in [0.15, 0.2) is 0 Å². The van der Waals surface area contributed by atoms with E-state index in [1.165, 1.54) is 0 Å². The molecular weight excluding hydrogens is 206 g/mol. The first-order chi connectivity index (χ1) is 7.66. The summed E-state index contributed by atoms with van der Waals surface area (Å²) in [5.74, 6) is 0.184. The van der Waals surface area contributed by atoms with E-state index in [-0.39, 0.29) is 11.9 Å². The molecule has 0 bridgehead atoms. The maximum atomic E-state index is 12.0. The fourth-order valence-electron chi connectivity index (χ4n) is 2.28. The summed E-state index contributed by atoms with van der Waals surface area (Å²) in [4.78, 5) is 13.9. The summed E-state index contributed by atoms with van der Waals surface area (Å²) in [6, 6.07) is 0.647. The van der Waals surface area contributed by atoms with E-state index in [1.807, 2.05) is 11.8 Å². The second-order valence-electron chi connectivity index (χ2n) is 4.75. The van der Waals surface area contributed by atoms with E-state index in [0.29, 0.717) is 25.3 Å². The van der Waals surface area contributed by atoms with Gasteiger partial charge in [-0.05, 0) is 19.8 Å². The molecular formula is C11H21N3O2. The first-order valence-corrected chi connectivity index (χ1v) is 6.05. The quantitative estimate of drug-likeness (QED) is 0.670. The van der Waals surface area contributed by atoms with Crippen LogP contribution < -0.4 is 11.1 Å². The highest BCUT2D eigenvalue weighted by molar-refractivity contribution is 5.81. The number of carbonyl (C=O) groups excluding carboxylic acids is 1. The van der Waals surface area contributed by atoms with E-state index in [4.69, 9.17) is 10.5 Å². The molecule has 1 amide bonds. The molecule has 0 aromatic heterocycles. The summed E-state index contributed by atoms with van der Waals surface area (Å²) < 4.78 is 5.23. The fraction of sp³-hybridized carbons (Fsp3) is 0.909. The van der Waals surface area contributed by atoms with E-state index in [0.717, 1.165) is 25.9 Å². The number of hydrogen-bond donors (Lipinski definition) is 2. The lowest BCUT2D eigenvalue weighted by atomic mass is 9.87. The Morgan fingerprint density at radius 2 is 2.06 bits per heavy atom. The smallest absolute Gasteiger partial charge is 0.239 e. The Labute approximate surface area is 96.3 Å². The molecule has 1 saturated carbocycles. The lowest BCUT2D eigenvalue weighted by Gasteiger charge is -2.37. The molecule has 3 N–H and O–H groups in total. The van der Waals surface area contributed by atoms with Crippen molar-refractivity contribution in [3.8, 4) is 0 Å². The van der Waals surface area contributed by atoms with E-state index in [1.54, 1.807) is 0 Å². The Balaban J connectivity index is 1.74. The van der Waals surface area contributed by atoms with Crippen molar-refractivity contribution in [2.45, 2.75) is 37.9 Å². The van der Waals surface area contributed by atoms with Crippen LogP contribution in [0.1, 0.15) is 19.8 Å². The van der Waals surface area contributed by atoms with Gasteiger partial charge >= 0.3 is 0 Å². The Morgan fingerprint density at radius 3 is 2.62 bits per heavy atom. The topological polar surface area (TPSA) is 67.6 Å². The van der Waals surface area contributed by atoms with Gasteiger partial charge in [0.05, 0.1) is 19.3 Å². The average molecular weight is 227 g/mol. The molecule has 0 radical (unpaired) electrons. The van der Waals surface area contributed by atoms with Crippen LogP contribution in [0.25, 0.3) is 0 Å². The van der Waals surface area contributed by atoms with Gasteiger partial charge in [-0.1, -0.05) is 0 Å². The highest BCUT2D eigenvalue weighted by Crippen LogP contribution is 2.18. The molecule has 0 aromatic rings. The number of hydrogen-bond acceptors (Lipinski definition) is 4. The van der Waals surface area contributed by atoms with Crippen LogP contribution in [0.2, 0.25) is 0 Å². The highest BCUT2D eigenvalue weighted by atomic mass is 16.5. The van der Waals surface area contributed by atoms with Crippen molar-refractivity contribution in [3.05, 3.63) is 0 Å². The second-order valence-corrected chi connectivity index (χ2v) is 4.75. The van der Waals surface area contributed by atoms with Crippen LogP contribution >= 0.6 is 0 Å². The Morgan fingerprint density at radius 1 is 1.44 bits per heavy atom.